The Morgan fingerprint density at radius 3 is 2.35 bits per heavy atom. The van der Waals surface area contributed by atoms with Gasteiger partial charge in [0.05, 0.1) is 6.61 Å². The lowest BCUT2D eigenvalue weighted by atomic mass is 9.90. The lowest BCUT2D eigenvalue weighted by Gasteiger charge is -2.50. The van der Waals surface area contributed by atoms with Crippen molar-refractivity contribution in [2.24, 2.45) is 0 Å². The Bertz CT molecular complexity index is 427. The van der Waals surface area contributed by atoms with Crippen molar-refractivity contribution in [2.45, 2.75) is 29.8 Å². The maximum absolute atomic E-state index is 11.6. The highest BCUT2D eigenvalue weighted by atomic mass is 31.2. The van der Waals surface area contributed by atoms with Crippen LogP contribution in [0, 0.1) is 0 Å². The fraction of sp³-hybridized carbons (Fsp3) is 1.00. The minimum Gasteiger partial charge on any atom is -0.394 e. The van der Waals surface area contributed by atoms with Crippen molar-refractivity contribution in [1.82, 2.24) is 0 Å². The Morgan fingerprint density at radius 2 is 1.82 bits per heavy atom. The fourth-order valence-corrected chi connectivity index (χ4v) is 3.75. The van der Waals surface area contributed by atoms with E-state index in [0.717, 1.165) is 0 Å². The minimum absolute atomic E-state index is 0.821. The standard InChI is InChI=1S/C6H9O10P/c7-1-2-3(8)4(9)5(10)6(11,13-2)16-17(12,14-4)15-5/h2-3,7-11H,1H2/t2-,3+,4+,5-,6?,17?/m1/s1. The topological polar surface area (TPSA) is 155 Å². The summed E-state index contributed by atoms with van der Waals surface area (Å²) in [4.78, 5) is 0. The summed E-state index contributed by atoms with van der Waals surface area (Å²) < 4.78 is 29.4. The average molecular weight is 272 g/mol. The second-order valence-electron chi connectivity index (χ2n) is 3.93. The Kier molecular flexibility index (Phi) is 2.03. The predicted molar refractivity (Wildman–Crippen MR) is 43.7 cm³/mol. The third-order valence-electron chi connectivity index (χ3n) is 2.89. The van der Waals surface area contributed by atoms with Crippen molar-refractivity contribution >= 4 is 7.82 Å². The molecule has 11 heteroatoms. The van der Waals surface area contributed by atoms with Gasteiger partial charge in [-0.1, -0.05) is 0 Å². The first-order valence-electron chi connectivity index (χ1n) is 4.56. The molecule has 3 heterocycles. The Balaban J connectivity index is 2.15. The molecule has 3 fully saturated rings. The predicted octanol–water partition coefficient (Wildman–Crippen LogP) is -3.05. The van der Waals surface area contributed by atoms with Gasteiger partial charge >= 0.3 is 19.6 Å². The van der Waals surface area contributed by atoms with Crippen LogP contribution in [-0.4, -0.2) is 61.9 Å². The Morgan fingerprint density at radius 1 is 1.18 bits per heavy atom. The number of hydrogen-bond donors (Lipinski definition) is 5. The van der Waals surface area contributed by atoms with E-state index in [1.807, 2.05) is 0 Å². The summed E-state index contributed by atoms with van der Waals surface area (Å²) in [6.07, 6.45) is -3.53. The van der Waals surface area contributed by atoms with Crippen molar-refractivity contribution in [2.75, 3.05) is 6.61 Å². The van der Waals surface area contributed by atoms with Gasteiger partial charge in [-0.3, -0.25) is 0 Å². The van der Waals surface area contributed by atoms with E-state index < -0.39 is 44.2 Å². The summed E-state index contributed by atoms with van der Waals surface area (Å²) in [6, 6.07) is 0. The van der Waals surface area contributed by atoms with Crippen LogP contribution in [0.1, 0.15) is 0 Å². The van der Waals surface area contributed by atoms with E-state index >= 15 is 0 Å². The number of hydrogen-bond acceptors (Lipinski definition) is 10. The van der Waals surface area contributed by atoms with Crippen molar-refractivity contribution in [3.63, 3.8) is 0 Å². The number of phosphoric acid groups is 1. The minimum atomic E-state index is -4.44. The highest BCUT2D eigenvalue weighted by Gasteiger charge is 2.89. The van der Waals surface area contributed by atoms with Crippen LogP contribution in [0.3, 0.4) is 0 Å². The number of ether oxygens (including phenoxy) is 1. The highest BCUT2D eigenvalue weighted by molar-refractivity contribution is 7.49. The number of rotatable bonds is 1. The van der Waals surface area contributed by atoms with E-state index in [9.17, 15) is 25.0 Å². The molecule has 17 heavy (non-hydrogen) atoms. The van der Waals surface area contributed by atoms with Gasteiger partial charge < -0.3 is 30.3 Å². The second-order valence-corrected chi connectivity index (χ2v) is 5.37. The van der Waals surface area contributed by atoms with E-state index in [2.05, 4.69) is 18.3 Å². The van der Waals surface area contributed by atoms with E-state index in [-0.39, 0.29) is 0 Å². The number of fused-ring (bicyclic) bond motifs is 1. The zero-order chi connectivity index (χ0) is 12.7. The van der Waals surface area contributed by atoms with Crippen molar-refractivity contribution < 1.29 is 48.4 Å². The Hall–Kier alpha value is -0.130. The SMILES string of the molecule is O=P12OC3(O)O[C@H](CO)[C@H](O)[C@](O)(O1)[C@@]3(O)O2. The van der Waals surface area contributed by atoms with Gasteiger partial charge in [-0.05, 0) is 0 Å². The molecule has 3 aliphatic heterocycles. The van der Waals surface area contributed by atoms with E-state index in [1.165, 1.54) is 0 Å². The Labute approximate surface area is 93.5 Å². The van der Waals surface area contributed by atoms with Crippen molar-refractivity contribution in [3.8, 4) is 0 Å². The van der Waals surface area contributed by atoms with Gasteiger partial charge in [-0.25, -0.2) is 18.1 Å². The van der Waals surface area contributed by atoms with Crippen LogP contribution in [0.4, 0.5) is 0 Å². The maximum Gasteiger partial charge on any atom is 0.485 e. The highest BCUT2D eigenvalue weighted by Crippen LogP contribution is 2.76. The molecule has 5 N–H and O–H groups in total. The first-order chi connectivity index (χ1) is 7.70. The maximum atomic E-state index is 11.6. The van der Waals surface area contributed by atoms with Crippen LogP contribution in [0.25, 0.3) is 0 Å². The molecule has 3 rings (SSSR count). The number of aliphatic hydroxyl groups is 5. The smallest absolute Gasteiger partial charge is 0.394 e. The molecule has 2 unspecified atom stereocenters. The molecule has 0 aliphatic carbocycles. The summed E-state index contributed by atoms with van der Waals surface area (Å²) >= 11 is 0. The fourth-order valence-electron chi connectivity index (χ4n) is 2.03. The van der Waals surface area contributed by atoms with Gasteiger partial charge in [0.25, 0.3) is 5.79 Å². The quantitative estimate of drug-likeness (QED) is 0.311. The molecule has 0 radical (unpaired) electrons. The molecule has 0 aromatic carbocycles. The van der Waals surface area contributed by atoms with Crippen LogP contribution in [0.15, 0.2) is 0 Å². The van der Waals surface area contributed by atoms with Crippen LogP contribution < -0.4 is 0 Å². The van der Waals surface area contributed by atoms with Gasteiger partial charge in [0.15, 0.2) is 0 Å². The number of phosphoric ester groups is 1. The van der Waals surface area contributed by atoms with E-state index in [1.54, 1.807) is 0 Å². The molecule has 0 saturated carbocycles. The molecule has 0 spiro atoms. The molecular formula is C6H9O10P. The molecule has 6 atom stereocenters. The molecule has 98 valence electrons. The van der Waals surface area contributed by atoms with Gasteiger partial charge in [0, 0.05) is 0 Å². The van der Waals surface area contributed by atoms with Crippen LogP contribution in [0.5, 0.6) is 0 Å². The van der Waals surface area contributed by atoms with Gasteiger partial charge in [0.2, 0.25) is 0 Å². The summed E-state index contributed by atoms with van der Waals surface area (Å²) in [5, 5.41) is 48.1. The summed E-state index contributed by atoms with van der Waals surface area (Å²) in [7, 11) is -4.44. The van der Waals surface area contributed by atoms with Crippen LogP contribution in [0.2, 0.25) is 0 Å². The summed E-state index contributed by atoms with van der Waals surface area (Å²) in [5.41, 5.74) is 0. The normalized spacial score (nSPS) is 65.2. The first-order valence-corrected chi connectivity index (χ1v) is 6.02. The second kappa shape index (κ2) is 2.89. The lowest BCUT2D eigenvalue weighted by molar-refractivity contribution is -0.526. The van der Waals surface area contributed by atoms with Gasteiger partial charge in [-0.15, -0.1) is 0 Å². The molecule has 10 nitrogen and oxygen atoms in total. The summed E-state index contributed by atoms with van der Waals surface area (Å²) in [6.45, 7) is -0.821. The van der Waals surface area contributed by atoms with Crippen molar-refractivity contribution in [3.05, 3.63) is 0 Å². The van der Waals surface area contributed by atoms with Crippen molar-refractivity contribution in [1.29, 1.82) is 0 Å². The van der Waals surface area contributed by atoms with E-state index in [4.69, 9.17) is 5.11 Å². The molecule has 0 aromatic heterocycles. The molecule has 3 saturated heterocycles. The number of aliphatic hydroxyl groups excluding tert-OH is 2. The molecule has 0 aromatic rings. The van der Waals surface area contributed by atoms with Gasteiger partial charge in [0.1, 0.15) is 12.2 Å². The summed E-state index contributed by atoms with van der Waals surface area (Å²) in [5.74, 6) is -9.00. The first kappa shape index (κ1) is 11.9. The third kappa shape index (κ3) is 1.09. The lowest BCUT2D eigenvalue weighted by Crippen LogP contribution is -2.78. The van der Waals surface area contributed by atoms with E-state index in [0.29, 0.717) is 0 Å². The average Bonchev–Trinajstić information content (AvgIpc) is 2.54. The third-order valence-corrected chi connectivity index (χ3v) is 4.35. The zero-order valence-electron chi connectivity index (χ0n) is 8.09. The van der Waals surface area contributed by atoms with Crippen LogP contribution >= 0.6 is 7.82 Å². The molecular weight excluding hydrogens is 263 g/mol. The largest absolute Gasteiger partial charge is 0.485 e. The molecule has 2 bridgehead atoms. The van der Waals surface area contributed by atoms with Gasteiger partial charge in [-0.2, -0.15) is 0 Å². The monoisotopic (exact) mass is 272 g/mol. The van der Waals surface area contributed by atoms with Crippen LogP contribution in [-0.2, 0) is 22.9 Å². The molecule has 3 aliphatic rings. The molecule has 0 amide bonds. The zero-order valence-corrected chi connectivity index (χ0v) is 8.98.